The summed E-state index contributed by atoms with van der Waals surface area (Å²) < 4.78 is 0. The van der Waals surface area contributed by atoms with Gasteiger partial charge in [-0.3, -0.25) is 0 Å². The summed E-state index contributed by atoms with van der Waals surface area (Å²) >= 11 is 0. The van der Waals surface area contributed by atoms with Crippen LogP contribution in [0.25, 0.3) is 10.9 Å². The first-order chi connectivity index (χ1) is 9.68. The Bertz CT molecular complexity index is 646. The van der Waals surface area contributed by atoms with E-state index in [1.165, 1.54) is 10.9 Å². The first-order valence-electron chi connectivity index (χ1n) is 6.16. The maximum Gasteiger partial charge on any atom is 0.337 e. The number of aromatic nitrogens is 1. The van der Waals surface area contributed by atoms with Crippen LogP contribution in [0.2, 0.25) is 0 Å². The van der Waals surface area contributed by atoms with Crippen LogP contribution in [-0.2, 0) is 4.79 Å². The molecular formula is C16H15NO3. The van der Waals surface area contributed by atoms with Crippen molar-refractivity contribution < 1.29 is 15.0 Å². The second kappa shape index (κ2) is 6.54. The van der Waals surface area contributed by atoms with Gasteiger partial charge in [-0.25, -0.2) is 4.79 Å². The standard InChI is InChI=1S/C8H7N.C8H8O3/c1-2-4-8-7(3-1)5-6-9-8;9-7(8(10)11)6-4-2-1-3-5-6/h1-6,9H;1-5,7,9H,(H,10,11)/t;7-/m.0/s1. The fraction of sp³-hybridized carbons (Fsp3) is 0.0625. The normalized spacial score (nSPS) is 11.4. The Hall–Kier alpha value is -2.59. The lowest BCUT2D eigenvalue weighted by molar-refractivity contribution is -0.146. The van der Waals surface area contributed by atoms with Crippen molar-refractivity contribution in [3.05, 3.63) is 72.4 Å². The summed E-state index contributed by atoms with van der Waals surface area (Å²) in [7, 11) is 0. The molecule has 2 aromatic carbocycles. The van der Waals surface area contributed by atoms with Crippen molar-refractivity contribution >= 4 is 16.9 Å². The smallest absolute Gasteiger partial charge is 0.337 e. The van der Waals surface area contributed by atoms with E-state index in [1.54, 1.807) is 30.3 Å². The van der Waals surface area contributed by atoms with E-state index in [1.807, 2.05) is 18.3 Å². The van der Waals surface area contributed by atoms with E-state index < -0.39 is 12.1 Å². The predicted octanol–water partition coefficient (Wildman–Crippen LogP) is 2.97. The lowest BCUT2D eigenvalue weighted by atomic mass is 10.1. The molecule has 3 N–H and O–H groups in total. The van der Waals surface area contributed by atoms with Gasteiger partial charge >= 0.3 is 5.97 Å². The molecule has 0 amide bonds. The van der Waals surface area contributed by atoms with Crippen molar-refractivity contribution in [1.29, 1.82) is 0 Å². The molecule has 0 saturated heterocycles. The van der Waals surface area contributed by atoms with Crippen LogP contribution in [0.1, 0.15) is 11.7 Å². The van der Waals surface area contributed by atoms with Crippen LogP contribution in [0.4, 0.5) is 0 Å². The molecular weight excluding hydrogens is 254 g/mol. The maximum absolute atomic E-state index is 10.2. The zero-order chi connectivity index (χ0) is 14.4. The summed E-state index contributed by atoms with van der Waals surface area (Å²) in [5.74, 6) is -1.23. The molecule has 0 bridgehead atoms. The molecule has 3 aromatic rings. The number of fused-ring (bicyclic) bond motifs is 1. The van der Waals surface area contributed by atoms with E-state index >= 15 is 0 Å². The van der Waals surface area contributed by atoms with Gasteiger partial charge < -0.3 is 15.2 Å². The summed E-state index contributed by atoms with van der Waals surface area (Å²) in [6.07, 6.45) is 0.543. The average Bonchev–Trinajstić information content (AvgIpc) is 2.96. The summed E-state index contributed by atoms with van der Waals surface area (Å²) in [5.41, 5.74) is 1.61. The number of aliphatic hydroxyl groups excluding tert-OH is 1. The molecule has 1 atom stereocenters. The fourth-order valence-corrected chi connectivity index (χ4v) is 1.77. The van der Waals surface area contributed by atoms with Crippen LogP contribution in [-0.4, -0.2) is 21.2 Å². The number of aliphatic carboxylic acids is 1. The quantitative estimate of drug-likeness (QED) is 0.669. The van der Waals surface area contributed by atoms with E-state index in [0.29, 0.717) is 5.56 Å². The van der Waals surface area contributed by atoms with Gasteiger partial charge in [0.2, 0.25) is 0 Å². The molecule has 0 aliphatic carbocycles. The highest BCUT2D eigenvalue weighted by atomic mass is 16.4. The van der Waals surface area contributed by atoms with Gasteiger partial charge in [0.25, 0.3) is 0 Å². The Morgan fingerprint density at radius 2 is 1.60 bits per heavy atom. The van der Waals surface area contributed by atoms with Crippen LogP contribution in [0, 0.1) is 0 Å². The van der Waals surface area contributed by atoms with Gasteiger partial charge in [-0.05, 0) is 23.1 Å². The summed E-state index contributed by atoms with van der Waals surface area (Å²) in [6, 6.07) is 18.5. The van der Waals surface area contributed by atoms with Crippen molar-refractivity contribution in [2.45, 2.75) is 6.10 Å². The number of aliphatic hydroxyl groups is 1. The van der Waals surface area contributed by atoms with Crippen LogP contribution in [0.3, 0.4) is 0 Å². The lowest BCUT2D eigenvalue weighted by Gasteiger charge is -2.03. The second-order valence-electron chi connectivity index (χ2n) is 4.22. The Kier molecular flexibility index (Phi) is 4.52. The lowest BCUT2D eigenvalue weighted by Crippen LogP contribution is -2.09. The monoisotopic (exact) mass is 269 g/mol. The third-order valence-corrected chi connectivity index (χ3v) is 2.81. The first-order valence-corrected chi connectivity index (χ1v) is 6.16. The molecule has 0 radical (unpaired) electrons. The minimum absolute atomic E-state index is 0.403. The van der Waals surface area contributed by atoms with Crippen molar-refractivity contribution in [3.8, 4) is 0 Å². The zero-order valence-electron chi connectivity index (χ0n) is 10.7. The number of hydrogen-bond acceptors (Lipinski definition) is 2. The van der Waals surface area contributed by atoms with Crippen molar-refractivity contribution in [2.24, 2.45) is 0 Å². The third kappa shape index (κ3) is 3.46. The molecule has 4 nitrogen and oxygen atoms in total. The van der Waals surface area contributed by atoms with Gasteiger partial charge in [-0.1, -0.05) is 48.5 Å². The predicted molar refractivity (Wildman–Crippen MR) is 77.3 cm³/mol. The fourth-order valence-electron chi connectivity index (χ4n) is 1.77. The van der Waals surface area contributed by atoms with Crippen LogP contribution < -0.4 is 0 Å². The van der Waals surface area contributed by atoms with E-state index in [9.17, 15) is 4.79 Å². The van der Waals surface area contributed by atoms with E-state index in [0.717, 1.165) is 0 Å². The van der Waals surface area contributed by atoms with Crippen molar-refractivity contribution in [1.82, 2.24) is 4.98 Å². The Morgan fingerprint density at radius 3 is 2.25 bits per heavy atom. The minimum atomic E-state index is -1.41. The Labute approximate surface area is 116 Å². The van der Waals surface area contributed by atoms with Gasteiger partial charge in [0, 0.05) is 11.7 Å². The zero-order valence-corrected chi connectivity index (χ0v) is 10.7. The van der Waals surface area contributed by atoms with Gasteiger partial charge in [-0.15, -0.1) is 0 Å². The number of hydrogen-bond donors (Lipinski definition) is 3. The molecule has 4 heteroatoms. The summed E-state index contributed by atoms with van der Waals surface area (Å²) in [5, 5.41) is 18.7. The molecule has 1 aromatic heterocycles. The number of benzene rings is 2. The van der Waals surface area contributed by atoms with Gasteiger partial charge in [0.05, 0.1) is 0 Å². The van der Waals surface area contributed by atoms with Crippen LogP contribution >= 0.6 is 0 Å². The number of nitrogens with one attached hydrogen (secondary N) is 1. The van der Waals surface area contributed by atoms with Crippen molar-refractivity contribution in [2.75, 3.05) is 0 Å². The number of para-hydroxylation sites is 1. The highest BCUT2D eigenvalue weighted by molar-refractivity contribution is 5.78. The Morgan fingerprint density at radius 1 is 0.950 bits per heavy atom. The van der Waals surface area contributed by atoms with Gasteiger partial charge in [-0.2, -0.15) is 0 Å². The third-order valence-electron chi connectivity index (χ3n) is 2.81. The number of aromatic amines is 1. The number of H-pyrrole nitrogens is 1. The molecule has 0 spiro atoms. The average molecular weight is 269 g/mol. The second-order valence-corrected chi connectivity index (χ2v) is 4.22. The summed E-state index contributed by atoms with van der Waals surface area (Å²) in [6.45, 7) is 0. The van der Waals surface area contributed by atoms with E-state index in [4.69, 9.17) is 10.2 Å². The molecule has 20 heavy (non-hydrogen) atoms. The first kappa shape index (κ1) is 13.8. The number of carboxylic acids is 1. The number of rotatable bonds is 2. The topological polar surface area (TPSA) is 73.3 Å². The van der Waals surface area contributed by atoms with Crippen LogP contribution in [0.15, 0.2) is 66.9 Å². The number of carbonyl (C=O) groups is 1. The molecule has 0 aliphatic heterocycles. The molecule has 1 heterocycles. The number of carboxylic acid groups (broad SMARTS) is 1. The van der Waals surface area contributed by atoms with E-state index in [-0.39, 0.29) is 0 Å². The van der Waals surface area contributed by atoms with Gasteiger partial charge in [0.15, 0.2) is 6.10 Å². The van der Waals surface area contributed by atoms with Crippen molar-refractivity contribution in [3.63, 3.8) is 0 Å². The largest absolute Gasteiger partial charge is 0.479 e. The molecule has 102 valence electrons. The minimum Gasteiger partial charge on any atom is -0.479 e. The maximum atomic E-state index is 10.2. The summed E-state index contributed by atoms with van der Waals surface area (Å²) in [4.78, 5) is 13.4. The molecule has 0 unspecified atom stereocenters. The Balaban J connectivity index is 0.000000149. The molecule has 0 aliphatic rings. The highest BCUT2D eigenvalue weighted by Crippen LogP contribution is 2.11. The molecule has 3 rings (SSSR count). The van der Waals surface area contributed by atoms with Gasteiger partial charge in [0.1, 0.15) is 0 Å². The van der Waals surface area contributed by atoms with Crippen LogP contribution in [0.5, 0.6) is 0 Å². The van der Waals surface area contributed by atoms with E-state index in [2.05, 4.69) is 23.2 Å². The highest BCUT2D eigenvalue weighted by Gasteiger charge is 2.14. The SMILES string of the molecule is O=C(O)[C@@H](O)c1ccccc1.c1ccc2[nH]ccc2c1. The molecule has 0 fully saturated rings. The molecule has 0 saturated carbocycles.